The molecule has 0 unspecified atom stereocenters. The molecule has 0 atom stereocenters. The molecule has 2 heteroatoms. The van der Waals surface area contributed by atoms with Gasteiger partial charge in [0, 0.05) is 10.3 Å². The Labute approximate surface area is 91.9 Å². The van der Waals surface area contributed by atoms with Crippen molar-refractivity contribution in [2.24, 2.45) is 0 Å². The summed E-state index contributed by atoms with van der Waals surface area (Å²) in [6.07, 6.45) is 0. The van der Waals surface area contributed by atoms with Crippen molar-refractivity contribution >= 4 is 12.6 Å². The largest absolute Gasteiger partial charge is 0.496 e. The molecule has 0 aromatic heterocycles. The van der Waals surface area contributed by atoms with Gasteiger partial charge in [0.05, 0.1) is 7.11 Å². The van der Waals surface area contributed by atoms with Crippen LogP contribution in [0.1, 0.15) is 30.5 Å². The highest BCUT2D eigenvalue weighted by molar-refractivity contribution is 7.81. The molecule has 0 fully saturated rings. The molecule has 0 amide bonds. The van der Waals surface area contributed by atoms with E-state index in [1.54, 1.807) is 7.11 Å². The molecule has 0 bridgehead atoms. The van der Waals surface area contributed by atoms with Crippen LogP contribution in [0.4, 0.5) is 0 Å². The summed E-state index contributed by atoms with van der Waals surface area (Å²) in [5.41, 5.74) is 3.68. The van der Waals surface area contributed by atoms with Crippen LogP contribution >= 0.6 is 12.6 Å². The summed E-state index contributed by atoms with van der Waals surface area (Å²) in [5, 5.41) is 0. The van der Waals surface area contributed by atoms with Crippen LogP contribution in [0.15, 0.2) is 12.1 Å². The number of thiol groups is 1. The zero-order valence-corrected chi connectivity index (χ0v) is 10.4. The number of benzene rings is 1. The Bertz CT molecular complexity index is 337. The van der Waals surface area contributed by atoms with Crippen molar-refractivity contribution in [2.75, 3.05) is 7.11 Å². The maximum Gasteiger partial charge on any atom is 0.123 e. The molecule has 14 heavy (non-hydrogen) atoms. The minimum Gasteiger partial charge on any atom is -0.496 e. The van der Waals surface area contributed by atoms with Gasteiger partial charge < -0.3 is 4.74 Å². The zero-order chi connectivity index (χ0) is 10.9. The fourth-order valence-corrected chi connectivity index (χ4v) is 1.61. The molecular formula is C12H18OS. The van der Waals surface area contributed by atoms with Gasteiger partial charge in [-0.15, -0.1) is 0 Å². The number of methoxy groups -OCH3 is 1. The van der Waals surface area contributed by atoms with E-state index in [4.69, 9.17) is 4.74 Å². The van der Waals surface area contributed by atoms with Crippen molar-refractivity contribution in [3.8, 4) is 5.75 Å². The first-order valence-electron chi connectivity index (χ1n) is 4.74. The van der Waals surface area contributed by atoms with E-state index >= 15 is 0 Å². The number of aryl methyl sites for hydroxylation is 2. The van der Waals surface area contributed by atoms with Crippen LogP contribution in [0.25, 0.3) is 0 Å². The number of hydrogen-bond acceptors (Lipinski definition) is 2. The van der Waals surface area contributed by atoms with E-state index in [2.05, 4.69) is 52.5 Å². The highest BCUT2D eigenvalue weighted by Gasteiger charge is 2.20. The molecule has 0 N–H and O–H groups in total. The van der Waals surface area contributed by atoms with Crippen LogP contribution in [-0.2, 0) is 4.75 Å². The molecule has 0 radical (unpaired) electrons. The first-order chi connectivity index (χ1) is 6.36. The second-order valence-corrected chi connectivity index (χ2v) is 5.31. The quantitative estimate of drug-likeness (QED) is 0.735. The van der Waals surface area contributed by atoms with Crippen LogP contribution in [0, 0.1) is 13.8 Å². The molecule has 0 aliphatic heterocycles. The molecular weight excluding hydrogens is 192 g/mol. The third kappa shape index (κ3) is 2.24. The topological polar surface area (TPSA) is 9.23 Å². The molecule has 78 valence electrons. The number of hydrogen-bond donors (Lipinski definition) is 1. The van der Waals surface area contributed by atoms with Crippen molar-refractivity contribution in [1.29, 1.82) is 0 Å². The summed E-state index contributed by atoms with van der Waals surface area (Å²) < 4.78 is 5.20. The lowest BCUT2D eigenvalue weighted by atomic mass is 9.96. The summed E-state index contributed by atoms with van der Waals surface area (Å²) in [7, 11) is 1.70. The highest BCUT2D eigenvalue weighted by atomic mass is 32.1. The predicted octanol–water partition coefficient (Wildman–Crippen LogP) is 3.48. The molecule has 1 aromatic carbocycles. The molecule has 0 heterocycles. The summed E-state index contributed by atoms with van der Waals surface area (Å²) in [4.78, 5) is 0. The average molecular weight is 210 g/mol. The van der Waals surface area contributed by atoms with Gasteiger partial charge in [0.25, 0.3) is 0 Å². The molecule has 1 nitrogen and oxygen atoms in total. The summed E-state index contributed by atoms with van der Waals surface area (Å²) >= 11 is 4.57. The minimum absolute atomic E-state index is 0.163. The zero-order valence-electron chi connectivity index (χ0n) is 9.51. The van der Waals surface area contributed by atoms with Crippen molar-refractivity contribution in [1.82, 2.24) is 0 Å². The van der Waals surface area contributed by atoms with Crippen molar-refractivity contribution in [3.63, 3.8) is 0 Å². The smallest absolute Gasteiger partial charge is 0.123 e. The van der Waals surface area contributed by atoms with Gasteiger partial charge in [0.15, 0.2) is 0 Å². The van der Waals surface area contributed by atoms with Crippen LogP contribution < -0.4 is 4.74 Å². The van der Waals surface area contributed by atoms with Crippen LogP contribution in [0.5, 0.6) is 5.75 Å². The molecule has 1 rings (SSSR count). The van der Waals surface area contributed by atoms with Gasteiger partial charge in [-0.25, -0.2) is 0 Å². The van der Waals surface area contributed by atoms with Gasteiger partial charge in [0.1, 0.15) is 5.75 Å². The Morgan fingerprint density at radius 2 is 1.64 bits per heavy atom. The Balaban J connectivity index is 3.35. The fraction of sp³-hybridized carbons (Fsp3) is 0.500. The maximum absolute atomic E-state index is 5.36. The van der Waals surface area contributed by atoms with Gasteiger partial charge in [-0.3, -0.25) is 0 Å². The third-order valence-electron chi connectivity index (χ3n) is 2.47. The molecule has 0 saturated heterocycles. The van der Waals surface area contributed by atoms with Gasteiger partial charge in [-0.2, -0.15) is 12.6 Å². The van der Waals surface area contributed by atoms with E-state index in [0.29, 0.717) is 0 Å². The van der Waals surface area contributed by atoms with Crippen LogP contribution in [0.3, 0.4) is 0 Å². The second-order valence-electron chi connectivity index (χ2n) is 4.20. The lowest BCUT2D eigenvalue weighted by molar-refractivity contribution is 0.405. The second kappa shape index (κ2) is 3.85. The highest BCUT2D eigenvalue weighted by Crippen LogP contribution is 2.36. The first-order valence-corrected chi connectivity index (χ1v) is 5.19. The Hall–Kier alpha value is -0.630. The van der Waals surface area contributed by atoms with Gasteiger partial charge in [-0.05, 0) is 44.9 Å². The molecule has 0 aliphatic carbocycles. The monoisotopic (exact) mass is 210 g/mol. The van der Waals surface area contributed by atoms with E-state index in [-0.39, 0.29) is 4.75 Å². The lowest BCUT2D eigenvalue weighted by Gasteiger charge is -2.22. The molecule has 0 saturated carbocycles. The minimum atomic E-state index is -0.163. The summed E-state index contributed by atoms with van der Waals surface area (Å²) in [6, 6.07) is 4.23. The Morgan fingerprint density at radius 1 is 1.14 bits per heavy atom. The SMILES string of the molecule is COc1cc(C)c(C)cc1C(C)(C)S. The van der Waals surface area contributed by atoms with E-state index < -0.39 is 0 Å². The van der Waals surface area contributed by atoms with E-state index in [1.165, 1.54) is 11.1 Å². The maximum atomic E-state index is 5.36. The normalized spacial score (nSPS) is 11.6. The Morgan fingerprint density at radius 3 is 2.07 bits per heavy atom. The fourth-order valence-electron chi connectivity index (χ4n) is 1.44. The van der Waals surface area contributed by atoms with Gasteiger partial charge >= 0.3 is 0 Å². The first kappa shape index (κ1) is 11.4. The van der Waals surface area contributed by atoms with Crippen molar-refractivity contribution in [3.05, 3.63) is 28.8 Å². The molecule has 0 aliphatic rings. The summed E-state index contributed by atoms with van der Waals surface area (Å²) in [6.45, 7) is 8.34. The van der Waals surface area contributed by atoms with E-state index in [1.807, 2.05) is 0 Å². The van der Waals surface area contributed by atoms with Crippen LogP contribution in [-0.4, -0.2) is 7.11 Å². The number of ether oxygens (including phenoxy) is 1. The lowest BCUT2D eigenvalue weighted by Crippen LogP contribution is -2.10. The summed E-state index contributed by atoms with van der Waals surface area (Å²) in [5.74, 6) is 0.924. The van der Waals surface area contributed by atoms with Gasteiger partial charge in [0.2, 0.25) is 0 Å². The van der Waals surface area contributed by atoms with E-state index in [0.717, 1.165) is 11.3 Å². The third-order valence-corrected chi connectivity index (χ3v) is 2.72. The Kier molecular flexibility index (Phi) is 3.15. The van der Waals surface area contributed by atoms with Crippen LogP contribution in [0.2, 0.25) is 0 Å². The molecule has 1 aromatic rings. The number of rotatable bonds is 2. The predicted molar refractivity (Wildman–Crippen MR) is 64.5 cm³/mol. The van der Waals surface area contributed by atoms with Gasteiger partial charge in [-0.1, -0.05) is 6.07 Å². The molecule has 0 spiro atoms. The standard InChI is InChI=1S/C12H18OS/c1-8-6-10(12(3,4)14)11(13-5)7-9(8)2/h6-7,14H,1-5H3. The average Bonchev–Trinajstić information content (AvgIpc) is 2.07. The van der Waals surface area contributed by atoms with Crippen molar-refractivity contribution in [2.45, 2.75) is 32.4 Å². The van der Waals surface area contributed by atoms with Crippen molar-refractivity contribution < 1.29 is 4.74 Å². The van der Waals surface area contributed by atoms with E-state index in [9.17, 15) is 0 Å².